The van der Waals surface area contributed by atoms with Gasteiger partial charge >= 0.3 is 0 Å². The zero-order chi connectivity index (χ0) is 28.9. The van der Waals surface area contributed by atoms with Crippen molar-refractivity contribution in [2.75, 3.05) is 30.4 Å². The normalized spacial score (nSPS) is 11.0. The van der Waals surface area contributed by atoms with E-state index >= 15 is 0 Å². The number of nitrogens with zero attached hydrogens (tertiary/aromatic N) is 1. The maximum atomic E-state index is 13.8. The second kappa shape index (κ2) is 12.2. The topological polar surface area (TPSA) is 102 Å². The summed E-state index contributed by atoms with van der Waals surface area (Å²) >= 11 is 6.13. The summed E-state index contributed by atoms with van der Waals surface area (Å²) in [6.07, 6.45) is 0. The van der Waals surface area contributed by atoms with Crippen molar-refractivity contribution in [3.8, 4) is 11.5 Å². The number of carbonyl (C=O) groups is 2. The summed E-state index contributed by atoms with van der Waals surface area (Å²) in [5, 5.41) is 2.90. The first-order chi connectivity index (χ1) is 19.1. The fourth-order valence-corrected chi connectivity index (χ4v) is 5.51. The fraction of sp³-hybridized carbons (Fsp3) is 0.103. The first kappa shape index (κ1) is 28.6. The lowest BCUT2D eigenvalue weighted by atomic mass is 10.0. The minimum absolute atomic E-state index is 0.0445. The molecule has 0 heterocycles. The van der Waals surface area contributed by atoms with Crippen LogP contribution in [0.15, 0.2) is 95.9 Å². The number of methoxy groups -OCH3 is 2. The SMILES string of the molecule is COc1ccc(S(=O)(=O)N(CC(=O)Nc2ccc(Cl)cc2C(=O)c2ccccc2)c2ccc(F)cc2)cc1OC. The number of ether oxygens (including phenoxy) is 2. The van der Waals surface area contributed by atoms with Gasteiger partial charge < -0.3 is 14.8 Å². The van der Waals surface area contributed by atoms with Crippen molar-refractivity contribution in [3.05, 3.63) is 113 Å². The Hall–Kier alpha value is -4.41. The number of benzene rings is 4. The summed E-state index contributed by atoms with van der Waals surface area (Å²) in [6.45, 7) is -0.691. The molecule has 0 spiro atoms. The van der Waals surface area contributed by atoms with Crippen LogP contribution in [0.4, 0.5) is 15.8 Å². The number of halogens is 2. The lowest BCUT2D eigenvalue weighted by Crippen LogP contribution is -2.38. The number of ketones is 1. The van der Waals surface area contributed by atoms with E-state index in [-0.39, 0.29) is 38.4 Å². The molecule has 0 aromatic heterocycles. The van der Waals surface area contributed by atoms with Crippen molar-refractivity contribution in [2.45, 2.75) is 4.90 Å². The van der Waals surface area contributed by atoms with Crippen LogP contribution in [0.2, 0.25) is 5.02 Å². The molecule has 0 bridgehead atoms. The summed E-state index contributed by atoms with van der Waals surface area (Å²) in [5.74, 6) is -1.24. The Bertz CT molecular complexity index is 1650. The first-order valence-electron chi connectivity index (χ1n) is 11.8. The molecule has 0 aliphatic rings. The zero-order valence-corrected chi connectivity index (χ0v) is 23.0. The Kier molecular flexibility index (Phi) is 8.71. The zero-order valence-electron chi connectivity index (χ0n) is 21.4. The summed E-state index contributed by atoms with van der Waals surface area (Å²) in [6, 6.07) is 21.4. The highest BCUT2D eigenvalue weighted by Gasteiger charge is 2.29. The third-order valence-corrected chi connectivity index (χ3v) is 7.89. The van der Waals surface area contributed by atoms with Crippen molar-refractivity contribution >= 4 is 44.7 Å². The van der Waals surface area contributed by atoms with Gasteiger partial charge in [0.15, 0.2) is 17.3 Å². The number of rotatable bonds is 10. The molecular formula is C29H24ClFN2O6S. The summed E-state index contributed by atoms with van der Waals surface area (Å²) in [5.41, 5.74) is 0.696. The van der Waals surface area contributed by atoms with Crippen LogP contribution in [0.1, 0.15) is 15.9 Å². The molecule has 4 aromatic rings. The van der Waals surface area contributed by atoms with Gasteiger partial charge in [0, 0.05) is 22.2 Å². The van der Waals surface area contributed by atoms with Gasteiger partial charge in [-0.3, -0.25) is 13.9 Å². The van der Waals surface area contributed by atoms with E-state index in [0.717, 1.165) is 16.4 Å². The minimum Gasteiger partial charge on any atom is -0.493 e. The van der Waals surface area contributed by atoms with E-state index in [9.17, 15) is 22.4 Å². The van der Waals surface area contributed by atoms with Crippen LogP contribution >= 0.6 is 11.6 Å². The molecule has 0 aliphatic carbocycles. The number of amides is 1. The van der Waals surface area contributed by atoms with Crippen molar-refractivity contribution < 1.29 is 31.9 Å². The quantitative estimate of drug-likeness (QED) is 0.246. The number of nitrogens with one attached hydrogen (secondary N) is 1. The Morgan fingerprint density at radius 2 is 1.55 bits per heavy atom. The van der Waals surface area contributed by atoms with Gasteiger partial charge in [0.05, 0.1) is 30.5 Å². The standard InChI is InChI=1S/C29H24ClFN2O6S/c1-38-26-15-13-23(17-27(26)39-2)40(36,37)33(22-11-9-21(31)10-12-22)18-28(34)32-25-14-8-20(30)16-24(25)29(35)19-6-4-3-5-7-19/h3-17H,18H2,1-2H3,(H,32,34). The second-order valence-electron chi connectivity index (χ2n) is 8.44. The number of carbonyl (C=O) groups excluding carboxylic acids is 2. The molecule has 1 amide bonds. The van der Waals surface area contributed by atoms with Crippen molar-refractivity contribution in [1.29, 1.82) is 0 Å². The smallest absolute Gasteiger partial charge is 0.264 e. The van der Waals surface area contributed by atoms with Crippen LogP contribution in [0, 0.1) is 5.82 Å². The molecular weight excluding hydrogens is 559 g/mol. The lowest BCUT2D eigenvalue weighted by Gasteiger charge is -2.25. The van der Waals surface area contributed by atoms with Gasteiger partial charge in [-0.2, -0.15) is 0 Å². The Morgan fingerprint density at radius 1 is 0.875 bits per heavy atom. The van der Waals surface area contributed by atoms with E-state index < -0.39 is 28.3 Å². The van der Waals surface area contributed by atoms with Gasteiger partial charge in [0.1, 0.15) is 12.4 Å². The molecule has 0 saturated carbocycles. The molecule has 1 N–H and O–H groups in total. The van der Waals surface area contributed by atoms with E-state index in [1.54, 1.807) is 30.3 Å². The monoisotopic (exact) mass is 582 g/mol. The molecule has 40 heavy (non-hydrogen) atoms. The molecule has 0 aliphatic heterocycles. The predicted molar refractivity (Wildman–Crippen MR) is 150 cm³/mol. The molecule has 8 nitrogen and oxygen atoms in total. The van der Waals surface area contributed by atoms with Gasteiger partial charge in [-0.05, 0) is 54.6 Å². The van der Waals surface area contributed by atoms with Crippen LogP contribution in [-0.4, -0.2) is 40.9 Å². The van der Waals surface area contributed by atoms with E-state index in [2.05, 4.69) is 5.32 Å². The predicted octanol–water partition coefficient (Wildman–Crippen LogP) is 5.56. The third kappa shape index (κ3) is 6.24. The number of hydrogen-bond acceptors (Lipinski definition) is 6. The number of anilines is 2. The van der Waals surface area contributed by atoms with E-state index in [4.69, 9.17) is 21.1 Å². The van der Waals surface area contributed by atoms with Gasteiger partial charge in [-0.25, -0.2) is 12.8 Å². The molecule has 11 heteroatoms. The Morgan fingerprint density at radius 3 is 2.20 bits per heavy atom. The molecule has 0 unspecified atom stereocenters. The first-order valence-corrected chi connectivity index (χ1v) is 13.7. The average Bonchev–Trinajstić information content (AvgIpc) is 2.97. The van der Waals surface area contributed by atoms with E-state index in [1.807, 2.05) is 0 Å². The molecule has 4 aromatic carbocycles. The molecule has 0 radical (unpaired) electrons. The number of hydrogen-bond donors (Lipinski definition) is 1. The minimum atomic E-state index is -4.36. The fourth-order valence-electron chi connectivity index (χ4n) is 3.91. The summed E-state index contributed by atoms with van der Waals surface area (Å²) < 4.78 is 52.5. The Balaban J connectivity index is 1.69. The number of sulfonamides is 1. The van der Waals surface area contributed by atoms with Gasteiger partial charge in [-0.1, -0.05) is 41.9 Å². The summed E-state index contributed by atoms with van der Waals surface area (Å²) in [7, 11) is -1.59. The molecule has 4 rings (SSSR count). The van der Waals surface area contributed by atoms with Gasteiger partial charge in [-0.15, -0.1) is 0 Å². The second-order valence-corrected chi connectivity index (χ2v) is 10.7. The van der Waals surface area contributed by atoms with Crippen LogP contribution in [0.5, 0.6) is 11.5 Å². The molecule has 0 saturated heterocycles. The largest absolute Gasteiger partial charge is 0.493 e. The van der Waals surface area contributed by atoms with Crippen LogP contribution in [0.25, 0.3) is 0 Å². The van der Waals surface area contributed by atoms with Crippen molar-refractivity contribution in [3.63, 3.8) is 0 Å². The van der Waals surface area contributed by atoms with Gasteiger partial charge in [0.2, 0.25) is 5.91 Å². The van der Waals surface area contributed by atoms with Crippen LogP contribution in [-0.2, 0) is 14.8 Å². The molecule has 0 fully saturated rings. The highest BCUT2D eigenvalue weighted by atomic mass is 35.5. The maximum Gasteiger partial charge on any atom is 0.264 e. The molecule has 0 atom stereocenters. The average molecular weight is 583 g/mol. The van der Waals surface area contributed by atoms with E-state index in [0.29, 0.717) is 11.3 Å². The lowest BCUT2D eigenvalue weighted by molar-refractivity contribution is -0.114. The highest BCUT2D eigenvalue weighted by molar-refractivity contribution is 7.92. The third-order valence-electron chi connectivity index (χ3n) is 5.88. The highest BCUT2D eigenvalue weighted by Crippen LogP contribution is 2.32. The van der Waals surface area contributed by atoms with Gasteiger partial charge in [0.25, 0.3) is 10.0 Å². The van der Waals surface area contributed by atoms with Crippen LogP contribution < -0.4 is 19.1 Å². The summed E-state index contributed by atoms with van der Waals surface area (Å²) in [4.78, 5) is 26.3. The molecule has 206 valence electrons. The maximum absolute atomic E-state index is 13.8. The van der Waals surface area contributed by atoms with Crippen molar-refractivity contribution in [1.82, 2.24) is 0 Å². The van der Waals surface area contributed by atoms with E-state index in [1.165, 1.54) is 62.8 Å². The Labute approximate surface area is 236 Å². The van der Waals surface area contributed by atoms with Crippen LogP contribution in [0.3, 0.4) is 0 Å². The van der Waals surface area contributed by atoms with Crippen molar-refractivity contribution in [2.24, 2.45) is 0 Å².